The number of nitrogens with one attached hydrogen (secondary N) is 1. The highest BCUT2D eigenvalue weighted by Gasteiger charge is 2.13. The average Bonchev–Trinajstić information content (AvgIpc) is 3.42. The largest absolute Gasteiger partial charge is 0.491 e. The molecule has 4 aromatic rings. The molecule has 0 unspecified atom stereocenters. The molecule has 186 valence electrons. The molecular weight excluding hydrogens is 458 g/mol. The van der Waals surface area contributed by atoms with Crippen molar-refractivity contribution in [2.24, 2.45) is 5.16 Å². The smallest absolute Gasteiger partial charge is 0.204 e. The van der Waals surface area contributed by atoms with Gasteiger partial charge in [-0.25, -0.2) is 0 Å². The average molecular weight is 488 g/mol. The van der Waals surface area contributed by atoms with Crippen molar-refractivity contribution in [3.63, 3.8) is 0 Å². The molecule has 1 heterocycles. The third-order valence-corrected chi connectivity index (χ3v) is 4.85. The summed E-state index contributed by atoms with van der Waals surface area (Å²) in [6.07, 6.45) is 0.836. The van der Waals surface area contributed by atoms with Crippen molar-refractivity contribution in [3.8, 4) is 34.4 Å². The molecule has 36 heavy (non-hydrogen) atoms. The number of H-pyrrole nitrogens is 1. The lowest BCUT2D eigenvalue weighted by molar-refractivity contribution is 0.143. The summed E-state index contributed by atoms with van der Waals surface area (Å²) in [6, 6.07) is 22.8. The lowest BCUT2D eigenvalue weighted by atomic mass is 10.1. The first-order chi connectivity index (χ1) is 17.6. The van der Waals surface area contributed by atoms with E-state index < -0.39 is 0 Å². The second-order valence-corrected chi connectivity index (χ2v) is 8.20. The normalized spacial score (nSPS) is 11.4. The van der Waals surface area contributed by atoms with Crippen molar-refractivity contribution in [1.29, 1.82) is 0 Å². The van der Waals surface area contributed by atoms with Gasteiger partial charge in [-0.15, -0.1) is 10.2 Å². The van der Waals surface area contributed by atoms with E-state index in [1.54, 1.807) is 0 Å². The molecule has 1 N–H and O–H groups in total. The predicted molar refractivity (Wildman–Crippen MR) is 137 cm³/mol. The molecule has 0 saturated carbocycles. The van der Waals surface area contributed by atoms with Crippen LogP contribution in [-0.4, -0.2) is 45.7 Å². The van der Waals surface area contributed by atoms with Gasteiger partial charge in [-0.05, 0) is 61.9 Å². The lowest BCUT2D eigenvalue weighted by Crippen LogP contribution is -2.14. The highest BCUT2D eigenvalue weighted by Crippen LogP contribution is 2.29. The van der Waals surface area contributed by atoms with Gasteiger partial charge < -0.3 is 19.0 Å². The van der Waals surface area contributed by atoms with Gasteiger partial charge in [0.15, 0.2) is 0 Å². The zero-order chi connectivity index (χ0) is 25.2. The molecule has 0 spiro atoms. The Labute approximate surface area is 210 Å². The van der Waals surface area contributed by atoms with E-state index in [0.717, 1.165) is 23.3 Å². The van der Waals surface area contributed by atoms with Crippen LogP contribution in [0.25, 0.3) is 11.4 Å². The van der Waals surface area contributed by atoms with Crippen molar-refractivity contribution < 1.29 is 19.0 Å². The minimum Gasteiger partial charge on any atom is -0.491 e. The number of hydrogen-bond donors (Lipinski definition) is 1. The van der Waals surface area contributed by atoms with Gasteiger partial charge in [0.25, 0.3) is 0 Å². The number of benzene rings is 3. The van der Waals surface area contributed by atoms with E-state index in [2.05, 4.69) is 25.8 Å². The summed E-state index contributed by atoms with van der Waals surface area (Å²) < 4.78 is 18.0. The van der Waals surface area contributed by atoms with Gasteiger partial charge in [0.05, 0.1) is 6.10 Å². The van der Waals surface area contributed by atoms with Crippen LogP contribution in [0.5, 0.6) is 23.0 Å². The number of nitrogens with zero attached hydrogens (tertiary/aromatic N) is 4. The molecule has 1 aromatic heterocycles. The van der Waals surface area contributed by atoms with E-state index in [1.165, 1.54) is 0 Å². The summed E-state index contributed by atoms with van der Waals surface area (Å²) in [5.74, 6) is 3.10. The van der Waals surface area contributed by atoms with Crippen molar-refractivity contribution in [3.05, 3.63) is 78.4 Å². The van der Waals surface area contributed by atoms with E-state index in [9.17, 15) is 0 Å². The summed E-state index contributed by atoms with van der Waals surface area (Å²) in [5.41, 5.74) is 2.17. The minimum atomic E-state index is -0.00899. The Morgan fingerprint density at radius 3 is 2.47 bits per heavy atom. The topological polar surface area (TPSA) is 104 Å². The van der Waals surface area contributed by atoms with Crippen molar-refractivity contribution in [2.45, 2.75) is 33.3 Å². The summed E-state index contributed by atoms with van der Waals surface area (Å²) in [6.45, 7) is 6.61. The quantitative estimate of drug-likeness (QED) is 0.156. The van der Waals surface area contributed by atoms with E-state index in [1.807, 2.05) is 93.6 Å². The molecule has 3 aromatic carbocycles. The van der Waals surface area contributed by atoms with Gasteiger partial charge in [0.2, 0.25) is 5.82 Å². The summed E-state index contributed by atoms with van der Waals surface area (Å²) in [5, 5.41) is 18.6. The molecule has 0 amide bonds. The van der Waals surface area contributed by atoms with E-state index in [0.29, 0.717) is 35.4 Å². The molecule has 0 aliphatic carbocycles. The second kappa shape index (κ2) is 12.3. The SMILES string of the molecule is CCCO/N=C(\COc1cc(OC(C)C)cc(-c2nn[nH]n2)c1)c1cccc(Oc2ccccc2)c1. The molecule has 0 aliphatic rings. The Bertz CT molecular complexity index is 1260. The van der Waals surface area contributed by atoms with Crippen LogP contribution in [0.2, 0.25) is 0 Å². The highest BCUT2D eigenvalue weighted by atomic mass is 16.6. The second-order valence-electron chi connectivity index (χ2n) is 8.20. The minimum absolute atomic E-state index is 0.00899. The Morgan fingerprint density at radius 2 is 1.72 bits per heavy atom. The Hall–Kier alpha value is -4.40. The molecule has 0 aliphatic heterocycles. The molecule has 9 heteroatoms. The molecule has 0 saturated heterocycles. The predicted octanol–water partition coefficient (Wildman–Crippen LogP) is 5.66. The number of hydrogen-bond acceptors (Lipinski definition) is 8. The van der Waals surface area contributed by atoms with Gasteiger partial charge in [-0.1, -0.05) is 42.4 Å². The Kier molecular flexibility index (Phi) is 8.48. The molecule has 0 atom stereocenters. The first-order valence-electron chi connectivity index (χ1n) is 11.8. The van der Waals surface area contributed by atoms with Crippen LogP contribution in [0.3, 0.4) is 0 Å². The highest BCUT2D eigenvalue weighted by molar-refractivity contribution is 6.01. The number of oxime groups is 1. The molecule has 4 rings (SSSR count). The van der Waals surface area contributed by atoms with Crippen molar-refractivity contribution in [2.75, 3.05) is 13.2 Å². The maximum atomic E-state index is 6.15. The van der Waals surface area contributed by atoms with Crippen LogP contribution in [0, 0.1) is 0 Å². The molecular formula is C27H29N5O4. The fourth-order valence-corrected chi connectivity index (χ4v) is 3.30. The molecule has 0 radical (unpaired) electrons. The number of para-hydroxylation sites is 1. The van der Waals surface area contributed by atoms with Crippen LogP contribution in [0.15, 0.2) is 78.0 Å². The van der Waals surface area contributed by atoms with Crippen LogP contribution in [0.4, 0.5) is 0 Å². The van der Waals surface area contributed by atoms with Crippen LogP contribution >= 0.6 is 0 Å². The fourth-order valence-electron chi connectivity index (χ4n) is 3.30. The molecule has 0 bridgehead atoms. The Morgan fingerprint density at radius 1 is 0.917 bits per heavy atom. The maximum Gasteiger partial charge on any atom is 0.204 e. The molecule has 9 nitrogen and oxygen atoms in total. The number of ether oxygens (including phenoxy) is 3. The number of tetrazole rings is 1. The first-order valence-corrected chi connectivity index (χ1v) is 11.8. The summed E-state index contributed by atoms with van der Waals surface area (Å²) in [7, 11) is 0. The summed E-state index contributed by atoms with van der Waals surface area (Å²) >= 11 is 0. The lowest BCUT2D eigenvalue weighted by Gasteiger charge is -2.14. The van der Waals surface area contributed by atoms with E-state index in [4.69, 9.17) is 19.0 Å². The number of rotatable bonds is 12. The Balaban J connectivity index is 1.57. The van der Waals surface area contributed by atoms with Crippen LogP contribution in [0.1, 0.15) is 32.8 Å². The van der Waals surface area contributed by atoms with Gasteiger partial charge in [0.1, 0.15) is 41.9 Å². The number of aromatic amines is 1. The van der Waals surface area contributed by atoms with Gasteiger partial charge in [-0.2, -0.15) is 5.21 Å². The van der Waals surface area contributed by atoms with Gasteiger partial charge >= 0.3 is 0 Å². The fraction of sp³-hybridized carbons (Fsp3) is 0.259. The van der Waals surface area contributed by atoms with E-state index in [-0.39, 0.29) is 12.7 Å². The summed E-state index contributed by atoms with van der Waals surface area (Å²) in [4.78, 5) is 5.51. The molecule has 0 fully saturated rings. The van der Waals surface area contributed by atoms with Gasteiger partial charge in [-0.3, -0.25) is 0 Å². The number of aromatic nitrogens is 4. The maximum absolute atomic E-state index is 6.15. The van der Waals surface area contributed by atoms with E-state index >= 15 is 0 Å². The first kappa shape index (κ1) is 24.7. The monoisotopic (exact) mass is 487 g/mol. The van der Waals surface area contributed by atoms with Gasteiger partial charge in [0, 0.05) is 17.2 Å². The van der Waals surface area contributed by atoms with Crippen LogP contribution in [-0.2, 0) is 4.84 Å². The third kappa shape index (κ3) is 7.05. The standard InChI is InChI=1S/C27H29N5O4/c1-4-13-34-30-26(20-9-8-12-23(14-20)36-22-10-6-5-7-11-22)18-33-24-15-21(27-28-31-32-29-27)16-25(17-24)35-19(2)3/h5-12,14-17,19H,4,13,18H2,1-3H3,(H,28,29,31,32)/b30-26+. The zero-order valence-electron chi connectivity index (χ0n) is 20.5. The van der Waals surface area contributed by atoms with Crippen molar-refractivity contribution in [1.82, 2.24) is 20.6 Å². The van der Waals surface area contributed by atoms with Crippen molar-refractivity contribution >= 4 is 5.71 Å². The van der Waals surface area contributed by atoms with Crippen LogP contribution < -0.4 is 14.2 Å². The third-order valence-electron chi connectivity index (χ3n) is 4.85. The zero-order valence-corrected chi connectivity index (χ0v) is 20.5.